The van der Waals surface area contributed by atoms with Gasteiger partial charge in [-0.3, -0.25) is 9.59 Å². The third-order valence-corrected chi connectivity index (χ3v) is 2.31. The van der Waals surface area contributed by atoms with Crippen LogP contribution in [0.4, 0.5) is 0 Å². The van der Waals surface area contributed by atoms with Crippen LogP contribution in [0.25, 0.3) is 0 Å². The fraction of sp³-hybridized carbons (Fsp3) is 0.800. The van der Waals surface area contributed by atoms with E-state index in [1.165, 1.54) is 14.2 Å². The van der Waals surface area contributed by atoms with E-state index in [4.69, 9.17) is 0 Å². The normalized spacial score (nSPS) is 12.4. The first-order chi connectivity index (χ1) is 6.56. The van der Waals surface area contributed by atoms with E-state index in [1.54, 1.807) is 0 Å². The molecule has 0 aromatic rings. The predicted molar refractivity (Wildman–Crippen MR) is 51.6 cm³/mol. The number of hydrogen-bond donors (Lipinski definition) is 0. The molecule has 0 aliphatic rings. The third kappa shape index (κ3) is 3.77. The van der Waals surface area contributed by atoms with Gasteiger partial charge in [-0.25, -0.2) is 0 Å². The van der Waals surface area contributed by atoms with E-state index in [0.717, 1.165) is 6.42 Å². The molecule has 4 heteroatoms. The highest BCUT2D eigenvalue weighted by Crippen LogP contribution is 2.17. The highest BCUT2D eigenvalue weighted by molar-refractivity contribution is 5.94. The van der Waals surface area contributed by atoms with Crippen LogP contribution in [0.5, 0.6) is 0 Å². The monoisotopic (exact) mass is 202 g/mol. The number of hydrogen-bond acceptors (Lipinski definition) is 4. The quantitative estimate of drug-likeness (QED) is 0.499. The first-order valence-electron chi connectivity index (χ1n) is 4.72. The summed E-state index contributed by atoms with van der Waals surface area (Å²) < 4.78 is 9.08. The van der Waals surface area contributed by atoms with Gasteiger partial charge in [0.25, 0.3) is 0 Å². The van der Waals surface area contributed by atoms with Crippen LogP contribution < -0.4 is 0 Å². The summed E-state index contributed by atoms with van der Waals surface area (Å²) >= 11 is 0. The molecule has 0 aliphatic carbocycles. The van der Waals surface area contributed by atoms with Gasteiger partial charge in [-0.1, -0.05) is 20.3 Å². The summed E-state index contributed by atoms with van der Waals surface area (Å²) in [5.74, 6) is -1.51. The maximum atomic E-state index is 11.2. The van der Waals surface area contributed by atoms with Crippen LogP contribution in [0, 0.1) is 11.8 Å². The Hall–Kier alpha value is -1.06. The van der Waals surface area contributed by atoms with E-state index in [-0.39, 0.29) is 0 Å². The lowest BCUT2D eigenvalue weighted by molar-refractivity contribution is -0.159. The lowest BCUT2D eigenvalue weighted by Crippen LogP contribution is -2.28. The van der Waals surface area contributed by atoms with Gasteiger partial charge in [0.2, 0.25) is 0 Å². The maximum Gasteiger partial charge on any atom is 0.320 e. The molecule has 0 spiro atoms. The molecule has 1 atom stereocenters. The van der Waals surface area contributed by atoms with Crippen molar-refractivity contribution in [1.29, 1.82) is 0 Å². The van der Waals surface area contributed by atoms with Gasteiger partial charge in [0, 0.05) is 0 Å². The number of carbonyl (C=O) groups excluding carboxylic acids is 2. The fourth-order valence-corrected chi connectivity index (χ4v) is 1.14. The molecule has 14 heavy (non-hydrogen) atoms. The SMILES string of the molecule is CCC(C)CC(C(=O)OC)C(=O)OC. The molecule has 0 saturated heterocycles. The highest BCUT2D eigenvalue weighted by Gasteiger charge is 2.29. The van der Waals surface area contributed by atoms with Crippen LogP contribution in [0.2, 0.25) is 0 Å². The number of ether oxygens (including phenoxy) is 2. The molecule has 82 valence electrons. The Bertz CT molecular complexity index is 184. The van der Waals surface area contributed by atoms with E-state index >= 15 is 0 Å². The molecular weight excluding hydrogens is 184 g/mol. The molecule has 0 radical (unpaired) electrons. The van der Waals surface area contributed by atoms with Crippen LogP contribution in [0.3, 0.4) is 0 Å². The Kier molecular flexibility index (Phi) is 5.92. The van der Waals surface area contributed by atoms with Gasteiger partial charge in [0.05, 0.1) is 14.2 Å². The van der Waals surface area contributed by atoms with Crippen molar-refractivity contribution in [1.82, 2.24) is 0 Å². The molecule has 0 amide bonds. The molecule has 4 nitrogen and oxygen atoms in total. The van der Waals surface area contributed by atoms with Gasteiger partial charge in [-0.15, -0.1) is 0 Å². The zero-order chi connectivity index (χ0) is 11.1. The largest absolute Gasteiger partial charge is 0.468 e. The number of esters is 2. The van der Waals surface area contributed by atoms with Crippen LogP contribution in [0.1, 0.15) is 26.7 Å². The summed E-state index contributed by atoms with van der Waals surface area (Å²) in [4.78, 5) is 22.5. The Morgan fingerprint density at radius 2 is 1.57 bits per heavy atom. The van der Waals surface area contributed by atoms with Gasteiger partial charge in [0.1, 0.15) is 0 Å². The van der Waals surface area contributed by atoms with Crippen LogP contribution in [-0.2, 0) is 19.1 Å². The zero-order valence-corrected chi connectivity index (χ0v) is 9.20. The number of carbonyl (C=O) groups is 2. The van der Waals surface area contributed by atoms with Crippen molar-refractivity contribution < 1.29 is 19.1 Å². The molecule has 1 unspecified atom stereocenters. The van der Waals surface area contributed by atoms with Crippen molar-refractivity contribution in [3.8, 4) is 0 Å². The number of rotatable bonds is 5. The third-order valence-electron chi connectivity index (χ3n) is 2.31. The van der Waals surface area contributed by atoms with Crippen molar-refractivity contribution >= 4 is 11.9 Å². The molecule has 0 aliphatic heterocycles. The summed E-state index contributed by atoms with van der Waals surface area (Å²) in [6.07, 6.45) is 1.40. The van der Waals surface area contributed by atoms with Crippen molar-refractivity contribution in [2.75, 3.05) is 14.2 Å². The summed E-state index contributed by atoms with van der Waals surface area (Å²) in [6, 6.07) is 0. The molecule has 0 aromatic carbocycles. The number of methoxy groups -OCH3 is 2. The molecule has 0 N–H and O–H groups in total. The van der Waals surface area contributed by atoms with Crippen LogP contribution >= 0.6 is 0 Å². The summed E-state index contributed by atoms with van der Waals surface area (Å²) in [7, 11) is 2.55. The lowest BCUT2D eigenvalue weighted by Gasteiger charge is -2.15. The minimum atomic E-state index is -0.778. The van der Waals surface area contributed by atoms with Crippen molar-refractivity contribution in [3.05, 3.63) is 0 Å². The van der Waals surface area contributed by atoms with Crippen molar-refractivity contribution in [3.63, 3.8) is 0 Å². The average molecular weight is 202 g/mol. The first-order valence-corrected chi connectivity index (χ1v) is 4.72. The van der Waals surface area contributed by atoms with Gasteiger partial charge < -0.3 is 9.47 Å². The molecule has 0 saturated carbocycles. The second-order valence-corrected chi connectivity index (χ2v) is 3.35. The second kappa shape index (κ2) is 6.40. The molecule has 0 fully saturated rings. The average Bonchev–Trinajstić information content (AvgIpc) is 2.23. The van der Waals surface area contributed by atoms with Gasteiger partial charge in [0.15, 0.2) is 5.92 Å². The van der Waals surface area contributed by atoms with E-state index in [0.29, 0.717) is 12.3 Å². The molecule has 0 bridgehead atoms. The minimum absolute atomic E-state index is 0.304. The summed E-state index contributed by atoms with van der Waals surface area (Å²) in [5.41, 5.74) is 0. The van der Waals surface area contributed by atoms with E-state index in [2.05, 4.69) is 9.47 Å². The molecular formula is C10H18O4. The van der Waals surface area contributed by atoms with E-state index in [1.807, 2.05) is 13.8 Å². The van der Waals surface area contributed by atoms with Gasteiger partial charge in [-0.2, -0.15) is 0 Å². The minimum Gasteiger partial charge on any atom is -0.468 e. The Morgan fingerprint density at radius 3 is 1.86 bits per heavy atom. The molecule has 0 aromatic heterocycles. The Morgan fingerprint density at radius 1 is 1.14 bits per heavy atom. The van der Waals surface area contributed by atoms with Gasteiger partial charge in [-0.05, 0) is 12.3 Å². The second-order valence-electron chi connectivity index (χ2n) is 3.35. The Labute approximate surface area is 84.6 Å². The lowest BCUT2D eigenvalue weighted by atomic mass is 9.94. The topological polar surface area (TPSA) is 52.6 Å². The van der Waals surface area contributed by atoms with Crippen LogP contribution in [-0.4, -0.2) is 26.2 Å². The highest BCUT2D eigenvalue weighted by atomic mass is 16.5. The van der Waals surface area contributed by atoms with E-state index < -0.39 is 17.9 Å². The smallest absolute Gasteiger partial charge is 0.320 e. The Balaban J connectivity index is 4.40. The molecule has 0 heterocycles. The van der Waals surface area contributed by atoms with E-state index in [9.17, 15) is 9.59 Å². The molecule has 0 rings (SSSR count). The first kappa shape index (κ1) is 12.9. The van der Waals surface area contributed by atoms with Gasteiger partial charge >= 0.3 is 11.9 Å². The predicted octanol–water partition coefficient (Wildman–Crippen LogP) is 1.38. The van der Waals surface area contributed by atoms with Crippen molar-refractivity contribution in [2.24, 2.45) is 11.8 Å². The fourth-order valence-electron chi connectivity index (χ4n) is 1.14. The summed E-state index contributed by atoms with van der Waals surface area (Å²) in [6.45, 7) is 4.00. The summed E-state index contributed by atoms with van der Waals surface area (Å²) in [5, 5.41) is 0. The van der Waals surface area contributed by atoms with Crippen LogP contribution in [0.15, 0.2) is 0 Å². The standard InChI is InChI=1S/C10H18O4/c1-5-7(2)6-8(9(11)13-3)10(12)14-4/h7-8H,5-6H2,1-4H3. The van der Waals surface area contributed by atoms with Crippen molar-refractivity contribution in [2.45, 2.75) is 26.7 Å². The zero-order valence-electron chi connectivity index (χ0n) is 9.20. The maximum absolute atomic E-state index is 11.2.